The van der Waals surface area contributed by atoms with Crippen LogP contribution in [0.25, 0.3) is 0 Å². The van der Waals surface area contributed by atoms with Crippen LogP contribution in [0, 0.1) is 0 Å². The topological polar surface area (TPSA) is 37.3 Å². The third kappa shape index (κ3) is 3.59. The Morgan fingerprint density at radius 3 is 3.00 bits per heavy atom. The summed E-state index contributed by atoms with van der Waals surface area (Å²) in [7, 11) is 0. The number of carboxylic acid groups (broad SMARTS) is 1. The van der Waals surface area contributed by atoms with Crippen molar-refractivity contribution in [1.82, 2.24) is 0 Å². The molecule has 0 saturated carbocycles. The monoisotopic (exact) mass is 268 g/mol. The van der Waals surface area contributed by atoms with Gasteiger partial charge < -0.3 is 0 Å². The van der Waals surface area contributed by atoms with E-state index in [1.54, 1.807) is 0 Å². The van der Waals surface area contributed by atoms with E-state index in [2.05, 4.69) is 16.2 Å². The van der Waals surface area contributed by atoms with Crippen molar-refractivity contribution in [3.05, 3.63) is 19.8 Å². The molecule has 0 aliphatic carbocycles. The van der Waals surface area contributed by atoms with Gasteiger partial charge in [-0.3, -0.25) is 0 Å². The van der Waals surface area contributed by atoms with Crippen molar-refractivity contribution in [3.63, 3.8) is 0 Å². The molecule has 0 spiro atoms. The standard InChI is InChI=1S/C8H10O2Te/c9-8(10)5-1-3-7-4-2-6-11-7/h2,4,6H,1,3,5H2,(H,9,10). The number of hydrogen-bond acceptors (Lipinski definition) is 1. The Balaban J connectivity index is 2.19. The Morgan fingerprint density at radius 1 is 1.64 bits per heavy atom. The van der Waals surface area contributed by atoms with E-state index in [0.717, 1.165) is 12.8 Å². The summed E-state index contributed by atoms with van der Waals surface area (Å²) in [6.45, 7) is 0. The quantitative estimate of drug-likeness (QED) is 0.830. The van der Waals surface area contributed by atoms with Gasteiger partial charge in [0.05, 0.1) is 0 Å². The Bertz CT molecular complexity index is 216. The number of aliphatic carboxylic acids is 1. The summed E-state index contributed by atoms with van der Waals surface area (Å²) in [5.41, 5.74) is 0. The van der Waals surface area contributed by atoms with Gasteiger partial charge in [0.25, 0.3) is 0 Å². The predicted octanol–water partition coefficient (Wildman–Crippen LogP) is 1.15. The fraction of sp³-hybridized carbons (Fsp3) is 0.375. The third-order valence-corrected chi connectivity index (χ3v) is 4.07. The first-order chi connectivity index (χ1) is 5.29. The molecule has 1 aromatic heterocycles. The van der Waals surface area contributed by atoms with Crippen LogP contribution in [0.5, 0.6) is 0 Å². The van der Waals surface area contributed by atoms with Crippen molar-refractivity contribution in [2.75, 3.05) is 0 Å². The Hall–Kier alpha value is -0.260. The first-order valence-corrected chi connectivity index (χ1v) is 6.04. The van der Waals surface area contributed by atoms with Gasteiger partial charge in [-0.25, -0.2) is 0 Å². The molecule has 11 heavy (non-hydrogen) atoms. The summed E-state index contributed by atoms with van der Waals surface area (Å²) in [6.07, 6.45) is 2.10. The molecular weight excluding hydrogens is 256 g/mol. The maximum atomic E-state index is 10.1. The molecule has 0 bridgehead atoms. The van der Waals surface area contributed by atoms with Gasteiger partial charge in [0.2, 0.25) is 0 Å². The van der Waals surface area contributed by atoms with Crippen LogP contribution in [0.3, 0.4) is 0 Å². The van der Waals surface area contributed by atoms with Gasteiger partial charge in [0, 0.05) is 0 Å². The molecule has 1 heterocycles. The van der Waals surface area contributed by atoms with E-state index in [9.17, 15) is 4.79 Å². The molecule has 0 fully saturated rings. The number of rotatable bonds is 4. The normalized spacial score (nSPS) is 9.82. The summed E-state index contributed by atoms with van der Waals surface area (Å²) in [6, 6.07) is 4.21. The molecule has 1 aromatic rings. The summed E-state index contributed by atoms with van der Waals surface area (Å²) in [5.74, 6) is -0.683. The summed E-state index contributed by atoms with van der Waals surface area (Å²) < 4.78 is 3.71. The van der Waals surface area contributed by atoms with Crippen molar-refractivity contribution in [2.24, 2.45) is 0 Å². The van der Waals surface area contributed by atoms with Gasteiger partial charge in [-0.05, 0) is 0 Å². The Labute approximate surface area is 75.5 Å². The second-order valence-corrected chi connectivity index (χ2v) is 5.27. The number of hydrogen-bond donors (Lipinski definition) is 1. The van der Waals surface area contributed by atoms with Gasteiger partial charge in [-0.15, -0.1) is 0 Å². The van der Waals surface area contributed by atoms with Gasteiger partial charge >= 0.3 is 75.4 Å². The predicted molar refractivity (Wildman–Crippen MR) is 44.0 cm³/mol. The van der Waals surface area contributed by atoms with E-state index in [4.69, 9.17) is 5.11 Å². The fourth-order valence-electron chi connectivity index (χ4n) is 0.869. The van der Waals surface area contributed by atoms with Crippen LogP contribution in [-0.4, -0.2) is 31.5 Å². The average Bonchev–Trinajstić information content (AvgIpc) is 2.39. The van der Waals surface area contributed by atoms with Crippen LogP contribution in [0.4, 0.5) is 0 Å². The molecule has 0 radical (unpaired) electrons. The summed E-state index contributed by atoms with van der Waals surface area (Å²) in [4.78, 5) is 10.1. The van der Waals surface area contributed by atoms with E-state index >= 15 is 0 Å². The van der Waals surface area contributed by atoms with Crippen molar-refractivity contribution >= 4 is 26.4 Å². The molecule has 60 valence electrons. The molecule has 0 aliphatic rings. The molecule has 3 heteroatoms. The van der Waals surface area contributed by atoms with E-state index in [0.29, 0.717) is 6.42 Å². The second kappa shape index (κ2) is 4.58. The van der Waals surface area contributed by atoms with Gasteiger partial charge in [0.1, 0.15) is 0 Å². The number of aryl methyl sites for hydroxylation is 1. The zero-order chi connectivity index (χ0) is 8.10. The van der Waals surface area contributed by atoms with E-state index in [-0.39, 0.29) is 20.4 Å². The van der Waals surface area contributed by atoms with E-state index in [1.165, 1.54) is 3.58 Å². The molecule has 0 aromatic carbocycles. The Morgan fingerprint density at radius 2 is 2.45 bits per heavy atom. The van der Waals surface area contributed by atoms with Crippen molar-refractivity contribution in [2.45, 2.75) is 19.3 Å². The van der Waals surface area contributed by atoms with Crippen molar-refractivity contribution in [3.8, 4) is 0 Å². The Kier molecular flexibility index (Phi) is 3.68. The molecule has 0 saturated heterocycles. The first-order valence-electron chi connectivity index (χ1n) is 3.53. The van der Waals surface area contributed by atoms with E-state index < -0.39 is 5.97 Å². The van der Waals surface area contributed by atoms with Crippen LogP contribution in [0.2, 0.25) is 0 Å². The van der Waals surface area contributed by atoms with Crippen molar-refractivity contribution < 1.29 is 9.90 Å². The van der Waals surface area contributed by atoms with E-state index in [1.807, 2.05) is 0 Å². The summed E-state index contributed by atoms with van der Waals surface area (Å²) in [5, 5.41) is 8.36. The molecule has 0 unspecified atom stereocenters. The summed E-state index contributed by atoms with van der Waals surface area (Å²) >= 11 is -0.0288. The van der Waals surface area contributed by atoms with Gasteiger partial charge in [-0.2, -0.15) is 0 Å². The van der Waals surface area contributed by atoms with Crippen LogP contribution in [0.15, 0.2) is 16.2 Å². The van der Waals surface area contributed by atoms with Crippen LogP contribution < -0.4 is 0 Å². The molecule has 0 atom stereocenters. The minimum absolute atomic E-state index is 0.0288. The molecule has 0 amide bonds. The third-order valence-electron chi connectivity index (χ3n) is 1.39. The SMILES string of the molecule is O=C(O)CCCc1ccc[te]1. The number of carboxylic acids is 1. The first kappa shape index (κ1) is 8.83. The second-order valence-electron chi connectivity index (χ2n) is 2.33. The fourth-order valence-corrected chi connectivity index (χ4v) is 3.01. The average molecular weight is 266 g/mol. The molecule has 0 aliphatic heterocycles. The zero-order valence-electron chi connectivity index (χ0n) is 6.12. The minimum atomic E-state index is -0.683. The molecule has 1 N–H and O–H groups in total. The van der Waals surface area contributed by atoms with Crippen LogP contribution >= 0.6 is 0 Å². The van der Waals surface area contributed by atoms with Crippen LogP contribution in [0.1, 0.15) is 16.4 Å². The molecule has 1 rings (SSSR count). The zero-order valence-corrected chi connectivity index (χ0v) is 8.45. The maximum absolute atomic E-state index is 10.1. The van der Waals surface area contributed by atoms with Gasteiger partial charge in [-0.1, -0.05) is 0 Å². The molecular formula is C8H10O2Te. The van der Waals surface area contributed by atoms with Crippen LogP contribution in [-0.2, 0) is 11.2 Å². The number of carbonyl (C=O) groups is 1. The molecule has 2 nitrogen and oxygen atoms in total. The van der Waals surface area contributed by atoms with Gasteiger partial charge in [0.15, 0.2) is 0 Å². The van der Waals surface area contributed by atoms with Crippen molar-refractivity contribution in [1.29, 1.82) is 0 Å².